The number of halogens is 7. The van der Waals surface area contributed by atoms with Gasteiger partial charge in [-0.2, -0.15) is 0 Å². The van der Waals surface area contributed by atoms with E-state index in [4.69, 9.17) is 66.3 Å². The molecule has 4 aromatic heterocycles. The topological polar surface area (TPSA) is 268 Å². The Morgan fingerprint density at radius 3 is 1.83 bits per heavy atom. The first-order chi connectivity index (χ1) is 32.1. The van der Waals surface area contributed by atoms with Crippen molar-refractivity contribution in [2.45, 2.75) is 95.9 Å². The molecule has 2 saturated heterocycles. The first-order valence-electron chi connectivity index (χ1n) is 20.2. The summed E-state index contributed by atoms with van der Waals surface area (Å²) in [6, 6.07) is 21.6. The number of ether oxygens (including phenoxy) is 3. The van der Waals surface area contributed by atoms with E-state index in [9.17, 15) is 30.3 Å². The van der Waals surface area contributed by atoms with Gasteiger partial charge >= 0.3 is 70.8 Å². The molecule has 2 aliphatic rings. The summed E-state index contributed by atoms with van der Waals surface area (Å²) < 4.78 is 21.1. The Morgan fingerprint density at radius 2 is 1.25 bits per heavy atom. The van der Waals surface area contributed by atoms with Gasteiger partial charge in [-0.1, -0.05) is 97.7 Å². The van der Waals surface area contributed by atoms with Gasteiger partial charge in [-0.05, 0) is 79.9 Å². The van der Waals surface area contributed by atoms with Crippen LogP contribution in [-0.2, 0) is 19.1 Å². The molecule has 10 N–H and O–H groups in total. The monoisotopic (exact) mass is 1430 g/mol. The molecule has 0 spiro atoms. The molecule has 384 valence electrons. The van der Waals surface area contributed by atoms with Crippen LogP contribution >= 0.6 is 106 Å². The number of anilines is 1. The van der Waals surface area contributed by atoms with E-state index in [-0.39, 0.29) is 36.1 Å². The number of hydrogen-bond donors (Lipinski definition) is 7. The normalized spacial score (nSPS) is 24.3. The van der Waals surface area contributed by atoms with E-state index in [2.05, 4.69) is 79.9 Å². The average molecular weight is 1430 g/mol. The number of carbonyl (C=O) groups excluding carboxylic acids is 1. The van der Waals surface area contributed by atoms with Crippen molar-refractivity contribution in [1.29, 1.82) is 0 Å². The molecule has 0 unspecified atom stereocenters. The Morgan fingerprint density at radius 1 is 0.746 bits per heavy atom. The maximum absolute atomic E-state index is 13.0. The van der Waals surface area contributed by atoms with Crippen LogP contribution in [0.3, 0.4) is 0 Å². The zero-order valence-electron chi connectivity index (χ0n) is 36.4. The van der Waals surface area contributed by atoms with Gasteiger partial charge in [-0.15, -0.1) is 0 Å². The van der Waals surface area contributed by atoms with Crippen LogP contribution in [0, 0.1) is 6.92 Å². The predicted molar refractivity (Wildman–Crippen MR) is 298 cm³/mol. The standard InChI is InChI=1S/C25H20Cl3N3O5.C19H21ClN4O4.2CH4.3HI.H3N.V/c1-25(34)19(32)23(31-10-9-15-21(28)29-12-30-22(15)31)36-20(25)18(14-7-8-16(26)17(27)11-14)35-24(33)13-5-3-2-4-6-13;1-9-3-4-10(7-12(9)20)13(25)15-19(2,27)14(26)18(28-15)24-6-5-11-16(21)22-8-23-17(11)24;;;;;;;/h2-12,18-20,23,32,34H,1H3;3-8,13-15,18,25-27H,1-2H3,(H2,21,22,23);2*1H4;3*1H;1H3;/q;;;;;;;;+3/p-3/t18-,19+,20-,23-,25+;13-,14+,15-,18-,19+;;;;;;;/m11......./s1. The maximum atomic E-state index is 13.0. The van der Waals surface area contributed by atoms with Gasteiger partial charge in [0.15, 0.2) is 18.6 Å². The zero-order valence-corrected chi connectivity index (χ0v) is 47.3. The number of nitrogens with zero attached hydrogens (tertiary/aromatic N) is 6. The number of rotatable bonds is 8. The number of carbonyl (C=O) groups is 1. The summed E-state index contributed by atoms with van der Waals surface area (Å²) in [6.07, 6.45) is -3.55. The Bertz CT molecular complexity index is 2920. The number of aryl methyl sites for hydroxylation is 1. The van der Waals surface area contributed by atoms with Gasteiger partial charge in [0.05, 0.1) is 26.4 Å². The predicted octanol–water partition coefficient (Wildman–Crippen LogP) is 10.8. The summed E-state index contributed by atoms with van der Waals surface area (Å²) in [7, 11) is 0. The second-order valence-corrected chi connectivity index (χ2v) is 53.0. The number of aromatic nitrogens is 6. The van der Waals surface area contributed by atoms with E-state index >= 15 is 0 Å². The minimum absolute atomic E-state index is 0. The molecule has 10 atom stereocenters. The van der Waals surface area contributed by atoms with Crippen LogP contribution in [0.2, 0.25) is 20.2 Å². The molecule has 2 aliphatic heterocycles. The molecule has 0 radical (unpaired) electrons. The molecule has 0 saturated carbocycles. The second kappa shape index (κ2) is 25.5. The number of nitrogens with two attached hydrogens (primary N) is 1. The van der Waals surface area contributed by atoms with Crippen LogP contribution in [0.1, 0.15) is 80.4 Å². The summed E-state index contributed by atoms with van der Waals surface area (Å²) in [6.45, 7) is 4.69. The number of nitrogen functional groups attached to an aromatic ring is 1. The van der Waals surface area contributed by atoms with Gasteiger partial charge in [0.2, 0.25) is 0 Å². The first kappa shape index (κ1) is 61.3. The Labute approximate surface area is 468 Å². The number of aliphatic hydroxyl groups excluding tert-OH is 3. The van der Waals surface area contributed by atoms with E-state index < -0.39 is 66.3 Å². The Balaban J connectivity index is 0.000000282. The minimum atomic E-state index is -1.86. The molecule has 7 aromatic rings. The Hall–Kier alpha value is -2.22. The van der Waals surface area contributed by atoms with Crippen molar-refractivity contribution in [3.63, 3.8) is 0 Å². The Kier molecular flexibility index (Phi) is 22.1. The van der Waals surface area contributed by atoms with Crippen molar-refractivity contribution < 1.29 is 49.5 Å². The van der Waals surface area contributed by atoms with Crippen LogP contribution in [0.4, 0.5) is 5.82 Å². The third-order valence-corrected chi connectivity index (χ3v) is 13.1. The molecule has 25 heteroatoms. The van der Waals surface area contributed by atoms with Gasteiger partial charge < -0.3 is 60.8 Å². The molecule has 17 nitrogen and oxygen atoms in total. The third kappa shape index (κ3) is 13.1. The fourth-order valence-corrected chi connectivity index (χ4v) is 8.59. The zero-order chi connectivity index (χ0) is 49.4. The molecule has 71 heavy (non-hydrogen) atoms. The van der Waals surface area contributed by atoms with Crippen LogP contribution in [0.5, 0.6) is 0 Å². The van der Waals surface area contributed by atoms with Crippen LogP contribution in [-0.4, -0.2) is 96.2 Å². The first-order valence-corrected chi connectivity index (χ1v) is 35.2. The van der Waals surface area contributed by atoms with Crippen LogP contribution in [0.15, 0.2) is 104 Å². The second-order valence-electron chi connectivity index (χ2n) is 16.1. The van der Waals surface area contributed by atoms with Crippen molar-refractivity contribution in [2.75, 3.05) is 5.73 Å². The number of hydrogen-bond acceptors (Lipinski definition) is 15. The van der Waals surface area contributed by atoms with Crippen LogP contribution in [0.25, 0.3) is 22.1 Å². The fraction of sp³-hybridized carbons (Fsp3) is 0.326. The van der Waals surface area contributed by atoms with Crippen molar-refractivity contribution in [3.05, 3.63) is 146 Å². The van der Waals surface area contributed by atoms with Gasteiger partial charge in [0.1, 0.15) is 76.6 Å². The molecule has 0 amide bonds. The number of benzene rings is 3. The number of aliphatic hydroxyl groups is 5. The molecular weight excluding hydrogens is 1380 g/mol. The molecule has 0 bridgehead atoms. The van der Waals surface area contributed by atoms with E-state index in [0.29, 0.717) is 54.6 Å². The van der Waals surface area contributed by atoms with E-state index in [1.165, 1.54) is 32.6 Å². The summed E-state index contributed by atoms with van der Waals surface area (Å²) in [4.78, 5) is 29.1. The molecule has 0 aliphatic carbocycles. The van der Waals surface area contributed by atoms with Crippen molar-refractivity contribution in [2.24, 2.45) is 0 Å². The number of fused-ring (bicyclic) bond motifs is 2. The van der Waals surface area contributed by atoms with E-state index in [1.807, 2.05) is 6.92 Å². The van der Waals surface area contributed by atoms with Crippen molar-refractivity contribution in [3.8, 4) is 0 Å². The fourth-order valence-electron chi connectivity index (χ4n) is 7.91. The summed E-state index contributed by atoms with van der Waals surface area (Å²) in [5.41, 5.74) is 5.23. The summed E-state index contributed by atoms with van der Waals surface area (Å²) in [5, 5.41) is 57.6. The third-order valence-electron chi connectivity index (χ3n) is 11.6. The molecule has 2 fully saturated rings. The van der Waals surface area contributed by atoms with Gasteiger partial charge in [0.25, 0.3) is 0 Å². The van der Waals surface area contributed by atoms with Crippen molar-refractivity contribution >= 4 is 140 Å². The SMILES string of the molecule is C.C.C[C@@]1(O)[C@@H]([C@H](OC(=O)c2ccccc2)c2ccc(Cl)c(Cl)c2)O[C@@H](n2ccc3c(Cl)ncnc32)[C@@H]1O.Cc1ccc([C@@H](O)[C@H]2O[C@@H](n3ccc4c(N)ncnc43)[C@H](O)[C@]2(C)O)cc1Cl.N.[I][V]([I])[I]. The number of esters is 1. The van der Waals surface area contributed by atoms with Gasteiger partial charge in [0, 0.05) is 17.4 Å². The summed E-state index contributed by atoms with van der Waals surface area (Å²) in [5.74, 6) is -0.344. The van der Waals surface area contributed by atoms with Crippen molar-refractivity contribution in [1.82, 2.24) is 35.2 Å². The van der Waals surface area contributed by atoms with Gasteiger partial charge in [-0.25, -0.2) is 24.7 Å². The quantitative estimate of drug-likeness (QED) is 0.0424. The van der Waals surface area contributed by atoms with E-state index in [0.717, 1.165) is 5.56 Å². The molecule has 3 aromatic carbocycles. The molecule has 6 heterocycles. The van der Waals surface area contributed by atoms with Gasteiger partial charge in [-0.3, -0.25) is 0 Å². The van der Waals surface area contributed by atoms with Crippen LogP contribution < -0.4 is 11.9 Å². The molecule has 9 rings (SSSR count). The summed E-state index contributed by atoms with van der Waals surface area (Å²) >= 11 is 32.1. The van der Waals surface area contributed by atoms with E-state index in [1.54, 1.807) is 94.3 Å². The average Bonchev–Trinajstić information content (AvgIpc) is 4.04. The molecular formula is C46H52Cl4I3N8O9V.